The van der Waals surface area contributed by atoms with Gasteiger partial charge in [0.2, 0.25) is 5.90 Å². The fraction of sp³-hybridized carbons (Fsp3) is 0. The van der Waals surface area contributed by atoms with Crippen LogP contribution in [0.3, 0.4) is 0 Å². The Kier molecular flexibility index (Phi) is 3.78. The molecule has 2 aromatic carbocycles. The van der Waals surface area contributed by atoms with Gasteiger partial charge in [-0.2, -0.15) is 0 Å². The second-order valence-corrected chi connectivity index (χ2v) is 5.21. The summed E-state index contributed by atoms with van der Waals surface area (Å²) in [7, 11) is 0. The number of carbonyl (C=O) groups is 1. The zero-order valence-electron chi connectivity index (χ0n) is 10.7. The minimum absolute atomic E-state index is 0.214. The monoisotopic (exact) mass is 317 g/mol. The maximum Gasteiger partial charge on any atom is 0.363 e. The first-order valence-electron chi connectivity index (χ1n) is 6.16. The number of halogens is 2. The SMILES string of the molecule is O=C1OC(c2ccccc2Cl)=N/C1=C\c1ccc(Cl)cc1. The fourth-order valence-electron chi connectivity index (χ4n) is 1.88. The minimum Gasteiger partial charge on any atom is -0.402 e. The Bertz CT molecular complexity index is 764. The van der Waals surface area contributed by atoms with Gasteiger partial charge in [-0.25, -0.2) is 9.79 Å². The van der Waals surface area contributed by atoms with Gasteiger partial charge in [0.05, 0.1) is 10.6 Å². The first-order chi connectivity index (χ1) is 10.1. The third kappa shape index (κ3) is 2.99. The molecule has 0 unspecified atom stereocenters. The highest BCUT2D eigenvalue weighted by atomic mass is 35.5. The lowest BCUT2D eigenvalue weighted by Crippen LogP contribution is -2.05. The van der Waals surface area contributed by atoms with Crippen LogP contribution in [0.15, 0.2) is 59.2 Å². The van der Waals surface area contributed by atoms with Crippen molar-refractivity contribution in [3.05, 3.63) is 75.4 Å². The van der Waals surface area contributed by atoms with E-state index in [1.54, 1.807) is 54.6 Å². The lowest BCUT2D eigenvalue weighted by atomic mass is 10.2. The van der Waals surface area contributed by atoms with E-state index < -0.39 is 5.97 Å². The molecule has 2 aromatic rings. The molecule has 1 aliphatic rings. The molecule has 21 heavy (non-hydrogen) atoms. The first-order valence-corrected chi connectivity index (χ1v) is 6.92. The van der Waals surface area contributed by atoms with Crippen molar-refractivity contribution in [2.45, 2.75) is 0 Å². The molecule has 0 saturated heterocycles. The van der Waals surface area contributed by atoms with Gasteiger partial charge in [-0.05, 0) is 35.9 Å². The molecular formula is C16H9Cl2NO2. The van der Waals surface area contributed by atoms with Crippen molar-refractivity contribution in [3.8, 4) is 0 Å². The quantitative estimate of drug-likeness (QED) is 0.610. The average molecular weight is 318 g/mol. The Morgan fingerprint density at radius 3 is 2.43 bits per heavy atom. The first kappa shape index (κ1) is 13.9. The number of carbonyl (C=O) groups excluding carboxylic acids is 1. The topological polar surface area (TPSA) is 38.7 Å². The molecule has 0 saturated carbocycles. The molecule has 0 fully saturated rings. The molecule has 3 rings (SSSR count). The summed E-state index contributed by atoms with van der Waals surface area (Å²) in [4.78, 5) is 16.1. The summed E-state index contributed by atoms with van der Waals surface area (Å²) in [5.41, 5.74) is 1.63. The lowest BCUT2D eigenvalue weighted by Gasteiger charge is -2.00. The van der Waals surface area contributed by atoms with Crippen LogP contribution >= 0.6 is 23.2 Å². The van der Waals surface area contributed by atoms with E-state index in [1.165, 1.54) is 0 Å². The number of hydrogen-bond acceptors (Lipinski definition) is 3. The van der Waals surface area contributed by atoms with Crippen molar-refractivity contribution in [2.24, 2.45) is 4.99 Å². The molecule has 0 amide bonds. The third-order valence-electron chi connectivity index (χ3n) is 2.90. The Morgan fingerprint density at radius 1 is 1.00 bits per heavy atom. The highest BCUT2D eigenvalue weighted by molar-refractivity contribution is 6.34. The second-order valence-electron chi connectivity index (χ2n) is 4.37. The predicted octanol–water partition coefficient (Wildman–Crippen LogP) is 4.34. The molecule has 1 heterocycles. The van der Waals surface area contributed by atoms with E-state index in [4.69, 9.17) is 27.9 Å². The van der Waals surface area contributed by atoms with Gasteiger partial charge in [-0.1, -0.05) is 47.5 Å². The van der Waals surface area contributed by atoms with Crippen LogP contribution in [-0.2, 0) is 9.53 Å². The summed E-state index contributed by atoms with van der Waals surface area (Å²) in [6.07, 6.45) is 1.64. The van der Waals surface area contributed by atoms with Crippen LogP contribution in [-0.4, -0.2) is 11.9 Å². The number of aliphatic imine (C=N–C) groups is 1. The van der Waals surface area contributed by atoms with Crippen molar-refractivity contribution in [2.75, 3.05) is 0 Å². The van der Waals surface area contributed by atoms with Gasteiger partial charge in [0.25, 0.3) is 0 Å². The van der Waals surface area contributed by atoms with E-state index in [0.717, 1.165) is 5.56 Å². The molecule has 3 nitrogen and oxygen atoms in total. The molecule has 1 aliphatic heterocycles. The number of hydrogen-bond donors (Lipinski definition) is 0. The maximum absolute atomic E-state index is 11.9. The predicted molar refractivity (Wildman–Crippen MR) is 83.5 cm³/mol. The molecule has 0 aromatic heterocycles. The Labute approximate surface area is 131 Å². The molecule has 0 aliphatic carbocycles. The van der Waals surface area contributed by atoms with E-state index >= 15 is 0 Å². The maximum atomic E-state index is 11.9. The number of cyclic esters (lactones) is 1. The van der Waals surface area contributed by atoms with E-state index in [9.17, 15) is 4.79 Å². The molecule has 0 N–H and O–H groups in total. The Balaban J connectivity index is 1.96. The number of benzene rings is 2. The Morgan fingerprint density at radius 2 is 1.71 bits per heavy atom. The van der Waals surface area contributed by atoms with Crippen LogP contribution in [0.1, 0.15) is 11.1 Å². The van der Waals surface area contributed by atoms with Crippen LogP contribution in [0.4, 0.5) is 0 Å². The zero-order chi connectivity index (χ0) is 14.8. The van der Waals surface area contributed by atoms with Crippen molar-refractivity contribution in [1.29, 1.82) is 0 Å². The smallest absolute Gasteiger partial charge is 0.363 e. The van der Waals surface area contributed by atoms with Gasteiger partial charge < -0.3 is 4.74 Å². The minimum atomic E-state index is -0.500. The number of ether oxygens (including phenoxy) is 1. The van der Waals surface area contributed by atoms with E-state index in [0.29, 0.717) is 15.6 Å². The number of nitrogens with zero attached hydrogens (tertiary/aromatic N) is 1. The fourth-order valence-corrected chi connectivity index (χ4v) is 2.22. The van der Waals surface area contributed by atoms with E-state index in [-0.39, 0.29) is 11.6 Å². The average Bonchev–Trinajstić information content (AvgIpc) is 2.83. The summed E-state index contributed by atoms with van der Waals surface area (Å²) in [6.45, 7) is 0. The van der Waals surface area contributed by atoms with E-state index in [2.05, 4.69) is 4.99 Å². The van der Waals surface area contributed by atoms with Gasteiger partial charge in [0.15, 0.2) is 5.70 Å². The summed E-state index contributed by atoms with van der Waals surface area (Å²) in [5.74, 6) is -0.286. The van der Waals surface area contributed by atoms with Crippen LogP contribution in [0.5, 0.6) is 0 Å². The van der Waals surface area contributed by atoms with Gasteiger partial charge in [-0.15, -0.1) is 0 Å². The van der Waals surface area contributed by atoms with Crippen LogP contribution in [0.2, 0.25) is 10.0 Å². The van der Waals surface area contributed by atoms with Crippen LogP contribution in [0.25, 0.3) is 6.08 Å². The molecule has 0 radical (unpaired) electrons. The normalized spacial score (nSPS) is 16.0. The lowest BCUT2D eigenvalue weighted by molar-refractivity contribution is -0.129. The van der Waals surface area contributed by atoms with Crippen LogP contribution < -0.4 is 0 Å². The van der Waals surface area contributed by atoms with Gasteiger partial charge >= 0.3 is 5.97 Å². The molecule has 0 spiro atoms. The van der Waals surface area contributed by atoms with Gasteiger partial charge in [0, 0.05) is 5.02 Å². The molecular weight excluding hydrogens is 309 g/mol. The molecule has 0 bridgehead atoms. The summed E-state index contributed by atoms with van der Waals surface area (Å²) in [6, 6.07) is 14.1. The molecule has 5 heteroatoms. The number of esters is 1. The Hall–Kier alpha value is -2.10. The van der Waals surface area contributed by atoms with Gasteiger partial charge in [-0.3, -0.25) is 0 Å². The van der Waals surface area contributed by atoms with Crippen LogP contribution in [0, 0.1) is 0 Å². The van der Waals surface area contributed by atoms with E-state index in [1.807, 2.05) is 0 Å². The van der Waals surface area contributed by atoms with Crippen molar-refractivity contribution in [1.82, 2.24) is 0 Å². The zero-order valence-corrected chi connectivity index (χ0v) is 12.2. The third-order valence-corrected chi connectivity index (χ3v) is 3.48. The highest BCUT2D eigenvalue weighted by Gasteiger charge is 2.25. The summed E-state index contributed by atoms with van der Waals surface area (Å²) >= 11 is 11.9. The summed E-state index contributed by atoms with van der Waals surface area (Å²) in [5, 5.41) is 1.11. The van der Waals surface area contributed by atoms with Crippen molar-refractivity contribution < 1.29 is 9.53 Å². The largest absolute Gasteiger partial charge is 0.402 e. The van der Waals surface area contributed by atoms with Gasteiger partial charge in [0.1, 0.15) is 0 Å². The van der Waals surface area contributed by atoms with Crippen molar-refractivity contribution in [3.63, 3.8) is 0 Å². The van der Waals surface area contributed by atoms with Crippen molar-refractivity contribution >= 4 is 41.1 Å². The molecule has 104 valence electrons. The standard InChI is InChI=1S/C16H9Cl2NO2/c17-11-7-5-10(6-8-11)9-14-16(20)21-15(19-14)12-3-1-2-4-13(12)18/h1-9H/b14-9-. The highest BCUT2D eigenvalue weighted by Crippen LogP contribution is 2.23. The second kappa shape index (κ2) is 5.72. The molecule has 0 atom stereocenters. The summed E-state index contributed by atoms with van der Waals surface area (Å²) < 4.78 is 5.17. The number of rotatable bonds is 2.